The van der Waals surface area contributed by atoms with Gasteiger partial charge in [0.25, 0.3) is 0 Å². The fourth-order valence-corrected chi connectivity index (χ4v) is 7.75. The van der Waals surface area contributed by atoms with Crippen LogP contribution in [0.2, 0.25) is 0 Å². The maximum Gasteiger partial charge on any atom is 0.0714 e. The third kappa shape index (κ3) is 4.02. The number of benzene rings is 8. The number of anilines is 2. The lowest BCUT2D eigenvalue weighted by Crippen LogP contribution is -2.28. The molecule has 8 aromatic rings. The van der Waals surface area contributed by atoms with Crippen molar-refractivity contribution in [1.29, 1.82) is 0 Å². The minimum atomic E-state index is -0.419. The minimum Gasteiger partial charge on any atom is -0.355 e. The molecule has 0 bridgehead atoms. The molecule has 1 N–H and O–H groups in total. The van der Waals surface area contributed by atoms with Gasteiger partial charge in [-0.1, -0.05) is 152 Å². The van der Waals surface area contributed by atoms with Crippen LogP contribution in [-0.2, 0) is 5.41 Å². The maximum atomic E-state index is 3.80. The average Bonchev–Trinajstić information content (AvgIpc) is 3.42. The molecule has 1 aliphatic rings. The largest absolute Gasteiger partial charge is 0.355 e. The Bertz CT molecular complexity index is 2350. The summed E-state index contributed by atoms with van der Waals surface area (Å²) in [6.07, 6.45) is 0. The summed E-state index contributed by atoms with van der Waals surface area (Å²) in [6.45, 7) is 0. The molecule has 46 heavy (non-hydrogen) atoms. The second-order valence-electron chi connectivity index (χ2n) is 12.2. The third-order valence-electron chi connectivity index (χ3n) is 9.69. The van der Waals surface area contributed by atoms with E-state index in [0.29, 0.717) is 0 Å². The molecule has 0 unspecified atom stereocenters. The number of hydrogen-bond donors (Lipinski definition) is 1. The van der Waals surface area contributed by atoms with E-state index in [1.54, 1.807) is 0 Å². The zero-order valence-corrected chi connectivity index (χ0v) is 25.3. The van der Waals surface area contributed by atoms with Gasteiger partial charge >= 0.3 is 0 Å². The minimum absolute atomic E-state index is 0.419. The van der Waals surface area contributed by atoms with Crippen molar-refractivity contribution in [3.63, 3.8) is 0 Å². The van der Waals surface area contributed by atoms with E-state index in [0.717, 1.165) is 11.4 Å². The van der Waals surface area contributed by atoms with Crippen molar-refractivity contribution in [2.24, 2.45) is 0 Å². The lowest BCUT2D eigenvalue weighted by molar-refractivity contribution is 0.769. The zero-order chi connectivity index (χ0) is 30.5. The molecule has 1 aliphatic carbocycles. The van der Waals surface area contributed by atoms with E-state index in [1.807, 2.05) is 0 Å². The van der Waals surface area contributed by atoms with Crippen molar-refractivity contribution in [2.75, 3.05) is 5.32 Å². The Labute approximate surface area is 269 Å². The van der Waals surface area contributed by atoms with E-state index in [1.165, 1.54) is 66.1 Å². The van der Waals surface area contributed by atoms with Gasteiger partial charge in [-0.05, 0) is 96.4 Å². The van der Waals surface area contributed by atoms with E-state index in [9.17, 15) is 0 Å². The molecule has 1 heteroatoms. The summed E-state index contributed by atoms with van der Waals surface area (Å²) in [4.78, 5) is 0. The van der Waals surface area contributed by atoms with Gasteiger partial charge in [0.05, 0.1) is 5.41 Å². The highest BCUT2D eigenvalue weighted by Crippen LogP contribution is 2.56. The van der Waals surface area contributed by atoms with Gasteiger partial charge in [0.1, 0.15) is 0 Å². The lowest BCUT2D eigenvalue weighted by Gasteiger charge is -2.34. The van der Waals surface area contributed by atoms with Gasteiger partial charge in [-0.3, -0.25) is 0 Å². The molecule has 216 valence electrons. The van der Waals surface area contributed by atoms with Crippen LogP contribution in [0.3, 0.4) is 0 Å². The molecule has 0 amide bonds. The smallest absolute Gasteiger partial charge is 0.0714 e. The third-order valence-corrected chi connectivity index (χ3v) is 9.69. The Hall–Kier alpha value is -5.92. The van der Waals surface area contributed by atoms with Gasteiger partial charge in [-0.25, -0.2) is 0 Å². The van der Waals surface area contributed by atoms with Crippen LogP contribution in [0.1, 0.15) is 22.3 Å². The van der Waals surface area contributed by atoms with Crippen molar-refractivity contribution in [3.05, 3.63) is 204 Å². The molecule has 8 aromatic carbocycles. The standard InChI is InChI=1S/C45H31N/c1-3-16-33(17-4-1)45(34-18-5-2-6-19-34)43-25-12-11-24-40(43)41-27-26-36(30-44(41)45)46-35-20-13-15-31(28-35)42-29-32-14-7-8-21-37(32)38-22-9-10-23-39(38)42/h1-30,46H. The number of rotatable bonds is 5. The zero-order valence-electron chi connectivity index (χ0n) is 25.3. The van der Waals surface area contributed by atoms with E-state index in [-0.39, 0.29) is 0 Å². The summed E-state index contributed by atoms with van der Waals surface area (Å²) in [5.74, 6) is 0. The molecular formula is C45H31N. The molecule has 0 fully saturated rings. The predicted octanol–water partition coefficient (Wildman–Crippen LogP) is 11.8. The summed E-state index contributed by atoms with van der Waals surface area (Å²) >= 11 is 0. The Morgan fingerprint density at radius 2 is 0.957 bits per heavy atom. The van der Waals surface area contributed by atoms with Gasteiger partial charge in [0.2, 0.25) is 0 Å². The van der Waals surface area contributed by atoms with Gasteiger partial charge in [0.15, 0.2) is 0 Å². The van der Waals surface area contributed by atoms with Crippen molar-refractivity contribution in [2.45, 2.75) is 5.41 Å². The van der Waals surface area contributed by atoms with Crippen LogP contribution >= 0.6 is 0 Å². The van der Waals surface area contributed by atoms with E-state index >= 15 is 0 Å². The molecule has 9 rings (SSSR count). The highest BCUT2D eigenvalue weighted by Gasteiger charge is 2.46. The van der Waals surface area contributed by atoms with E-state index in [2.05, 4.69) is 187 Å². The summed E-state index contributed by atoms with van der Waals surface area (Å²) in [5, 5.41) is 8.89. The summed E-state index contributed by atoms with van der Waals surface area (Å²) < 4.78 is 0. The number of hydrogen-bond acceptors (Lipinski definition) is 1. The second-order valence-corrected chi connectivity index (χ2v) is 12.2. The maximum absolute atomic E-state index is 3.80. The number of fused-ring (bicyclic) bond motifs is 6. The topological polar surface area (TPSA) is 12.0 Å². The Kier molecular flexibility index (Phi) is 6.11. The molecule has 0 aliphatic heterocycles. The first kappa shape index (κ1) is 26.5. The monoisotopic (exact) mass is 585 g/mol. The second kappa shape index (κ2) is 10.6. The van der Waals surface area contributed by atoms with Gasteiger partial charge in [-0.15, -0.1) is 0 Å². The molecule has 1 nitrogen and oxygen atoms in total. The quantitative estimate of drug-likeness (QED) is 0.198. The van der Waals surface area contributed by atoms with Gasteiger partial charge in [-0.2, -0.15) is 0 Å². The van der Waals surface area contributed by atoms with Crippen LogP contribution in [0.5, 0.6) is 0 Å². The van der Waals surface area contributed by atoms with Crippen molar-refractivity contribution < 1.29 is 0 Å². The van der Waals surface area contributed by atoms with Crippen LogP contribution in [-0.4, -0.2) is 0 Å². The first-order valence-corrected chi connectivity index (χ1v) is 15.9. The Morgan fingerprint density at radius 3 is 1.74 bits per heavy atom. The highest BCUT2D eigenvalue weighted by atomic mass is 14.9. The van der Waals surface area contributed by atoms with Crippen molar-refractivity contribution >= 4 is 32.9 Å². The first-order chi connectivity index (χ1) is 22.8. The number of nitrogens with one attached hydrogen (secondary N) is 1. The molecule has 0 atom stereocenters. The summed E-state index contributed by atoms with van der Waals surface area (Å²) in [5.41, 5.74) is 11.9. The predicted molar refractivity (Wildman–Crippen MR) is 194 cm³/mol. The molecule has 0 saturated heterocycles. The van der Waals surface area contributed by atoms with Crippen LogP contribution in [0, 0.1) is 0 Å². The molecule has 0 saturated carbocycles. The van der Waals surface area contributed by atoms with Crippen LogP contribution in [0.25, 0.3) is 43.8 Å². The van der Waals surface area contributed by atoms with E-state index in [4.69, 9.17) is 0 Å². The highest BCUT2D eigenvalue weighted by molar-refractivity contribution is 6.13. The Morgan fingerprint density at radius 1 is 0.348 bits per heavy atom. The molecule has 0 aromatic heterocycles. The lowest BCUT2D eigenvalue weighted by atomic mass is 9.67. The van der Waals surface area contributed by atoms with Crippen LogP contribution in [0.15, 0.2) is 182 Å². The van der Waals surface area contributed by atoms with Crippen LogP contribution in [0.4, 0.5) is 11.4 Å². The first-order valence-electron chi connectivity index (χ1n) is 15.9. The molecule has 0 spiro atoms. The SMILES string of the molecule is c1ccc(C2(c3ccccc3)c3ccccc3-c3ccc(Nc4cccc(-c5cc6ccccc6c6ccccc56)c4)cc32)cc1. The molecule has 0 heterocycles. The fourth-order valence-electron chi connectivity index (χ4n) is 7.75. The van der Waals surface area contributed by atoms with Crippen LogP contribution < -0.4 is 5.32 Å². The molecular weight excluding hydrogens is 555 g/mol. The van der Waals surface area contributed by atoms with Gasteiger partial charge in [0, 0.05) is 11.4 Å². The fraction of sp³-hybridized carbons (Fsp3) is 0.0222. The Balaban J connectivity index is 1.19. The normalized spacial score (nSPS) is 13.0. The van der Waals surface area contributed by atoms with Gasteiger partial charge < -0.3 is 5.32 Å². The summed E-state index contributed by atoms with van der Waals surface area (Å²) in [7, 11) is 0. The van der Waals surface area contributed by atoms with E-state index < -0.39 is 5.41 Å². The van der Waals surface area contributed by atoms with Crippen molar-refractivity contribution in [1.82, 2.24) is 0 Å². The average molecular weight is 586 g/mol. The van der Waals surface area contributed by atoms with Crippen molar-refractivity contribution in [3.8, 4) is 22.3 Å². The molecule has 0 radical (unpaired) electrons. The summed E-state index contributed by atoms with van der Waals surface area (Å²) in [6, 6.07) is 66.3.